The quantitative estimate of drug-likeness (QED) is 0.118. The highest BCUT2D eigenvalue weighted by molar-refractivity contribution is 6.14. The molecule has 9 aromatic rings. The van der Waals surface area contributed by atoms with E-state index in [1.165, 1.54) is 32.3 Å². The molecule has 0 N–H and O–H groups in total. The van der Waals surface area contributed by atoms with Gasteiger partial charge in [0.25, 0.3) is 0 Å². The van der Waals surface area contributed by atoms with E-state index in [9.17, 15) is 0 Å². The molecule has 0 aliphatic carbocycles. The van der Waals surface area contributed by atoms with Crippen molar-refractivity contribution in [3.8, 4) is 0 Å². The Bertz CT molecular complexity index is 2660. The lowest BCUT2D eigenvalue weighted by molar-refractivity contribution is 1.29. The number of para-hydroxylation sites is 2. The number of hydrogen-bond donors (Lipinski definition) is 0. The molecule has 0 aliphatic rings. The smallest absolute Gasteiger partial charge is 0.0546 e. The first kappa shape index (κ1) is 31.1. The maximum absolute atomic E-state index is 2.37. The third kappa shape index (κ3) is 6.08. The fourth-order valence-electron chi connectivity index (χ4n) is 7.23. The molecule has 0 saturated carbocycles. The van der Waals surface area contributed by atoms with Crippen molar-refractivity contribution in [1.29, 1.82) is 0 Å². The van der Waals surface area contributed by atoms with Crippen LogP contribution in [0.15, 0.2) is 206 Å². The van der Waals surface area contributed by atoms with Crippen molar-refractivity contribution in [2.24, 2.45) is 0 Å². The van der Waals surface area contributed by atoms with Crippen molar-refractivity contribution in [2.75, 3.05) is 9.80 Å². The van der Waals surface area contributed by atoms with Crippen LogP contribution in [-0.4, -0.2) is 0 Å². The maximum Gasteiger partial charge on any atom is 0.0546 e. The van der Waals surface area contributed by atoms with Gasteiger partial charge in [-0.2, -0.15) is 0 Å². The zero-order valence-electron chi connectivity index (χ0n) is 28.7. The van der Waals surface area contributed by atoms with E-state index >= 15 is 0 Å². The first-order valence-electron chi connectivity index (χ1n) is 17.8. The van der Waals surface area contributed by atoms with Crippen LogP contribution in [0.3, 0.4) is 0 Å². The Hall–Kier alpha value is -6.90. The molecular formula is C50H36N2. The van der Waals surface area contributed by atoms with Gasteiger partial charge in [-0.1, -0.05) is 152 Å². The number of fused-ring (bicyclic) bond motifs is 4. The number of hydrogen-bond acceptors (Lipinski definition) is 2. The summed E-state index contributed by atoms with van der Waals surface area (Å²) in [6, 6.07) is 73.8. The SMILES string of the molecule is C(=C\c1ccc(N(c2ccccc2)c2cc3ccccc3c3ccccc23)cc1)/c1ccc(N(c2ccccc2)c2ccc3ccccc3c2)cc1. The highest BCUT2D eigenvalue weighted by atomic mass is 15.1. The Balaban J connectivity index is 1.02. The summed E-state index contributed by atoms with van der Waals surface area (Å²) in [5, 5.41) is 7.44. The molecule has 0 aromatic heterocycles. The summed E-state index contributed by atoms with van der Waals surface area (Å²) in [4.78, 5) is 4.69. The molecular weight excluding hydrogens is 629 g/mol. The van der Waals surface area contributed by atoms with E-state index in [0.29, 0.717) is 0 Å². The molecule has 52 heavy (non-hydrogen) atoms. The summed E-state index contributed by atoms with van der Waals surface area (Å²) >= 11 is 0. The van der Waals surface area contributed by atoms with E-state index in [1.54, 1.807) is 0 Å². The van der Waals surface area contributed by atoms with Crippen molar-refractivity contribution >= 4 is 78.6 Å². The Morgan fingerprint density at radius 1 is 0.269 bits per heavy atom. The molecule has 246 valence electrons. The third-order valence-corrected chi connectivity index (χ3v) is 9.78. The molecule has 0 amide bonds. The summed E-state index contributed by atoms with van der Waals surface area (Å²) in [6.45, 7) is 0. The van der Waals surface area contributed by atoms with Crippen LogP contribution >= 0.6 is 0 Å². The van der Waals surface area contributed by atoms with Crippen LogP contribution in [0.4, 0.5) is 34.1 Å². The molecule has 9 aromatic carbocycles. The molecule has 2 nitrogen and oxygen atoms in total. The largest absolute Gasteiger partial charge is 0.310 e. The molecule has 0 saturated heterocycles. The van der Waals surface area contributed by atoms with Crippen LogP contribution in [0, 0.1) is 0 Å². The molecule has 0 aliphatic heterocycles. The molecule has 0 unspecified atom stereocenters. The Labute approximate surface area is 304 Å². The van der Waals surface area contributed by atoms with Gasteiger partial charge in [0, 0.05) is 33.8 Å². The molecule has 0 bridgehead atoms. The molecule has 2 heteroatoms. The van der Waals surface area contributed by atoms with Crippen molar-refractivity contribution in [3.05, 3.63) is 217 Å². The van der Waals surface area contributed by atoms with Gasteiger partial charge >= 0.3 is 0 Å². The second-order valence-electron chi connectivity index (χ2n) is 13.1. The predicted molar refractivity (Wildman–Crippen MR) is 224 cm³/mol. The van der Waals surface area contributed by atoms with Crippen LogP contribution in [0.5, 0.6) is 0 Å². The monoisotopic (exact) mass is 664 g/mol. The fourth-order valence-corrected chi connectivity index (χ4v) is 7.23. The van der Waals surface area contributed by atoms with Gasteiger partial charge < -0.3 is 9.80 Å². The van der Waals surface area contributed by atoms with Crippen molar-refractivity contribution < 1.29 is 0 Å². The van der Waals surface area contributed by atoms with Gasteiger partial charge in [0.05, 0.1) is 5.69 Å². The number of nitrogens with zero attached hydrogens (tertiary/aromatic N) is 2. The normalized spacial score (nSPS) is 11.4. The Morgan fingerprint density at radius 3 is 1.35 bits per heavy atom. The van der Waals surface area contributed by atoms with Crippen LogP contribution in [0.25, 0.3) is 44.5 Å². The summed E-state index contributed by atoms with van der Waals surface area (Å²) in [6.07, 6.45) is 4.38. The zero-order chi connectivity index (χ0) is 34.7. The highest BCUT2D eigenvalue weighted by Crippen LogP contribution is 2.42. The van der Waals surface area contributed by atoms with Gasteiger partial charge in [0.2, 0.25) is 0 Å². The maximum atomic E-state index is 2.37. The molecule has 0 heterocycles. The lowest BCUT2D eigenvalue weighted by atomic mass is 9.99. The second kappa shape index (κ2) is 13.8. The average Bonchev–Trinajstić information content (AvgIpc) is 3.22. The van der Waals surface area contributed by atoms with Crippen LogP contribution in [-0.2, 0) is 0 Å². The number of anilines is 6. The summed E-state index contributed by atoms with van der Waals surface area (Å²) < 4.78 is 0. The highest BCUT2D eigenvalue weighted by Gasteiger charge is 2.17. The van der Waals surface area contributed by atoms with Gasteiger partial charge in [-0.15, -0.1) is 0 Å². The molecule has 9 rings (SSSR count). The van der Waals surface area contributed by atoms with E-state index in [-0.39, 0.29) is 0 Å². The van der Waals surface area contributed by atoms with Crippen LogP contribution < -0.4 is 9.80 Å². The van der Waals surface area contributed by atoms with E-state index in [2.05, 4.69) is 228 Å². The molecule has 0 atom stereocenters. The summed E-state index contributed by atoms with van der Waals surface area (Å²) in [5.74, 6) is 0. The minimum atomic E-state index is 1.11. The molecule has 0 spiro atoms. The number of benzene rings is 9. The topological polar surface area (TPSA) is 6.48 Å². The number of rotatable bonds is 8. The minimum absolute atomic E-state index is 1.11. The van der Waals surface area contributed by atoms with Gasteiger partial charge in [0.15, 0.2) is 0 Å². The Kier molecular flexibility index (Phi) is 8.24. The lowest BCUT2D eigenvalue weighted by Gasteiger charge is -2.27. The van der Waals surface area contributed by atoms with Gasteiger partial charge in [0.1, 0.15) is 0 Å². The van der Waals surface area contributed by atoms with Crippen LogP contribution in [0.2, 0.25) is 0 Å². The first-order valence-corrected chi connectivity index (χ1v) is 17.8. The fraction of sp³-hybridized carbons (Fsp3) is 0. The van der Waals surface area contributed by atoms with Gasteiger partial charge in [-0.05, 0) is 105 Å². The third-order valence-electron chi connectivity index (χ3n) is 9.78. The zero-order valence-corrected chi connectivity index (χ0v) is 28.7. The van der Waals surface area contributed by atoms with E-state index < -0.39 is 0 Å². The predicted octanol–water partition coefficient (Wildman–Crippen LogP) is 14.3. The van der Waals surface area contributed by atoms with Crippen molar-refractivity contribution in [2.45, 2.75) is 0 Å². The van der Waals surface area contributed by atoms with Crippen molar-refractivity contribution in [3.63, 3.8) is 0 Å². The van der Waals surface area contributed by atoms with Crippen molar-refractivity contribution in [1.82, 2.24) is 0 Å². The van der Waals surface area contributed by atoms with E-state index in [0.717, 1.165) is 45.3 Å². The van der Waals surface area contributed by atoms with E-state index in [1.807, 2.05) is 0 Å². The Morgan fingerprint density at radius 2 is 0.712 bits per heavy atom. The van der Waals surface area contributed by atoms with E-state index in [4.69, 9.17) is 0 Å². The second-order valence-corrected chi connectivity index (χ2v) is 13.1. The minimum Gasteiger partial charge on any atom is -0.310 e. The molecule has 0 fully saturated rings. The lowest BCUT2D eigenvalue weighted by Crippen LogP contribution is -2.10. The standard InChI is InChI=1S/C50H36N2/c1-3-16-42(17-4-1)51(46-34-29-39-13-7-8-14-40(39)35-46)44-30-25-37(26-31-44)23-24-38-27-32-45(33-28-38)52(43-18-5-2-6-19-43)50-36-41-15-9-10-20-47(41)48-21-11-12-22-49(48)50/h1-36H/b24-23+. The molecule has 0 radical (unpaired) electrons. The van der Waals surface area contributed by atoms with Gasteiger partial charge in [-0.3, -0.25) is 0 Å². The summed E-state index contributed by atoms with van der Waals surface area (Å²) in [5.41, 5.74) is 9.07. The average molecular weight is 665 g/mol. The summed E-state index contributed by atoms with van der Waals surface area (Å²) in [7, 11) is 0. The first-order chi connectivity index (χ1) is 25.8. The van der Waals surface area contributed by atoms with Gasteiger partial charge in [-0.25, -0.2) is 0 Å². The van der Waals surface area contributed by atoms with Crippen LogP contribution in [0.1, 0.15) is 11.1 Å².